The van der Waals surface area contributed by atoms with Crippen molar-refractivity contribution in [3.8, 4) is 0 Å². The standard InChI is InChI=1S/C19H27FN2O3S/c1-15-14-17(20)6-7-18(15)26(24,25)22-12-8-16(9-13-22)19(23)21-10-4-2-3-5-11-21/h6-7,14,16H,2-5,8-13H2,1H3. The number of sulfonamides is 1. The molecule has 0 atom stereocenters. The van der Waals surface area contributed by atoms with Gasteiger partial charge in [-0.25, -0.2) is 12.8 Å². The van der Waals surface area contributed by atoms with Crippen LogP contribution in [0.1, 0.15) is 44.1 Å². The summed E-state index contributed by atoms with van der Waals surface area (Å²) in [5.74, 6) is -0.348. The largest absolute Gasteiger partial charge is 0.342 e. The lowest BCUT2D eigenvalue weighted by atomic mass is 9.96. The van der Waals surface area contributed by atoms with Crippen LogP contribution < -0.4 is 0 Å². The molecule has 3 rings (SSSR count). The summed E-state index contributed by atoms with van der Waals surface area (Å²) in [7, 11) is -3.65. The van der Waals surface area contributed by atoms with Crippen LogP contribution in [0.4, 0.5) is 4.39 Å². The van der Waals surface area contributed by atoms with Crippen LogP contribution in [-0.4, -0.2) is 49.7 Å². The predicted octanol–water partition coefficient (Wildman–Crippen LogP) is 2.94. The molecule has 0 aromatic heterocycles. The summed E-state index contributed by atoms with van der Waals surface area (Å²) in [6.07, 6.45) is 5.57. The van der Waals surface area contributed by atoms with Gasteiger partial charge in [0, 0.05) is 32.1 Å². The van der Waals surface area contributed by atoms with Crippen molar-refractivity contribution in [3.05, 3.63) is 29.6 Å². The van der Waals surface area contributed by atoms with E-state index in [1.165, 1.54) is 35.3 Å². The van der Waals surface area contributed by atoms with Gasteiger partial charge in [-0.3, -0.25) is 4.79 Å². The molecule has 0 aliphatic carbocycles. The summed E-state index contributed by atoms with van der Waals surface area (Å²) in [5, 5.41) is 0. The number of aryl methyl sites for hydroxylation is 1. The molecule has 0 unspecified atom stereocenters. The van der Waals surface area contributed by atoms with Gasteiger partial charge in [0.1, 0.15) is 5.82 Å². The number of likely N-dealkylation sites (tertiary alicyclic amines) is 1. The van der Waals surface area contributed by atoms with Crippen molar-refractivity contribution in [3.63, 3.8) is 0 Å². The van der Waals surface area contributed by atoms with E-state index in [-0.39, 0.29) is 16.7 Å². The number of rotatable bonds is 3. The van der Waals surface area contributed by atoms with Crippen LogP contribution in [0.3, 0.4) is 0 Å². The maximum Gasteiger partial charge on any atom is 0.243 e. The Balaban J connectivity index is 1.65. The molecule has 0 spiro atoms. The van der Waals surface area contributed by atoms with Gasteiger partial charge in [-0.2, -0.15) is 4.31 Å². The normalized spacial score (nSPS) is 20.8. The van der Waals surface area contributed by atoms with Crippen LogP contribution in [0.25, 0.3) is 0 Å². The van der Waals surface area contributed by atoms with Crippen molar-refractivity contribution in [2.75, 3.05) is 26.2 Å². The lowest BCUT2D eigenvalue weighted by Crippen LogP contribution is -2.44. The fourth-order valence-corrected chi connectivity index (χ4v) is 5.61. The number of amides is 1. The second-order valence-electron chi connectivity index (χ2n) is 7.33. The third-order valence-corrected chi connectivity index (χ3v) is 7.53. The molecule has 0 radical (unpaired) electrons. The van der Waals surface area contributed by atoms with Gasteiger partial charge in [-0.05, 0) is 56.4 Å². The zero-order valence-corrected chi connectivity index (χ0v) is 16.1. The molecule has 0 bridgehead atoms. The number of hydrogen-bond acceptors (Lipinski definition) is 3. The van der Waals surface area contributed by atoms with Crippen LogP contribution in [0.5, 0.6) is 0 Å². The van der Waals surface area contributed by atoms with Crippen molar-refractivity contribution in [2.45, 2.75) is 50.3 Å². The van der Waals surface area contributed by atoms with E-state index in [4.69, 9.17) is 0 Å². The van der Waals surface area contributed by atoms with Crippen molar-refractivity contribution in [1.82, 2.24) is 9.21 Å². The van der Waals surface area contributed by atoms with Crippen LogP contribution >= 0.6 is 0 Å². The van der Waals surface area contributed by atoms with E-state index in [1.807, 2.05) is 4.90 Å². The molecule has 2 aliphatic heterocycles. The number of piperidine rings is 1. The summed E-state index contributed by atoms with van der Waals surface area (Å²) in [5.41, 5.74) is 0.410. The van der Waals surface area contributed by atoms with E-state index in [0.29, 0.717) is 31.5 Å². The SMILES string of the molecule is Cc1cc(F)ccc1S(=O)(=O)N1CCC(C(=O)N2CCCCCC2)CC1. The minimum Gasteiger partial charge on any atom is -0.342 e. The fourth-order valence-electron chi connectivity index (χ4n) is 3.93. The minimum atomic E-state index is -3.65. The zero-order chi connectivity index (χ0) is 18.7. The molecular weight excluding hydrogens is 355 g/mol. The number of hydrogen-bond donors (Lipinski definition) is 0. The monoisotopic (exact) mass is 382 g/mol. The van der Waals surface area contributed by atoms with Crippen molar-refractivity contribution in [1.29, 1.82) is 0 Å². The number of carbonyl (C=O) groups excluding carboxylic acids is 1. The highest BCUT2D eigenvalue weighted by Gasteiger charge is 2.34. The molecule has 7 heteroatoms. The first-order valence-electron chi connectivity index (χ1n) is 9.44. The molecule has 1 amide bonds. The van der Waals surface area contributed by atoms with Gasteiger partial charge in [0.15, 0.2) is 0 Å². The van der Waals surface area contributed by atoms with E-state index >= 15 is 0 Å². The van der Waals surface area contributed by atoms with Gasteiger partial charge in [0.05, 0.1) is 4.90 Å². The van der Waals surface area contributed by atoms with Gasteiger partial charge in [-0.15, -0.1) is 0 Å². The Labute approximate surface area is 155 Å². The Kier molecular flexibility index (Phi) is 5.97. The van der Waals surface area contributed by atoms with Gasteiger partial charge in [-0.1, -0.05) is 12.8 Å². The molecule has 2 saturated heterocycles. The second-order valence-corrected chi connectivity index (χ2v) is 9.23. The highest BCUT2D eigenvalue weighted by atomic mass is 32.2. The molecule has 144 valence electrons. The molecule has 2 fully saturated rings. The zero-order valence-electron chi connectivity index (χ0n) is 15.3. The summed E-state index contributed by atoms with van der Waals surface area (Å²) < 4.78 is 40.4. The van der Waals surface area contributed by atoms with E-state index in [1.54, 1.807) is 6.92 Å². The van der Waals surface area contributed by atoms with Gasteiger partial charge in [0.2, 0.25) is 15.9 Å². The summed E-state index contributed by atoms with van der Waals surface area (Å²) in [4.78, 5) is 14.9. The smallest absolute Gasteiger partial charge is 0.243 e. The predicted molar refractivity (Wildman–Crippen MR) is 97.7 cm³/mol. The molecule has 26 heavy (non-hydrogen) atoms. The van der Waals surface area contributed by atoms with Crippen molar-refractivity contribution < 1.29 is 17.6 Å². The van der Waals surface area contributed by atoms with Crippen LogP contribution in [0.15, 0.2) is 23.1 Å². The quantitative estimate of drug-likeness (QED) is 0.808. The Morgan fingerprint density at radius 1 is 1.04 bits per heavy atom. The van der Waals surface area contributed by atoms with Crippen molar-refractivity contribution in [2.24, 2.45) is 5.92 Å². The fraction of sp³-hybridized carbons (Fsp3) is 0.632. The highest BCUT2D eigenvalue weighted by molar-refractivity contribution is 7.89. The number of nitrogens with zero attached hydrogens (tertiary/aromatic N) is 2. The molecule has 2 aliphatic rings. The van der Waals surface area contributed by atoms with E-state index in [0.717, 1.165) is 25.9 Å². The third-order valence-electron chi connectivity index (χ3n) is 5.48. The van der Waals surface area contributed by atoms with Crippen LogP contribution in [0, 0.1) is 18.7 Å². The van der Waals surface area contributed by atoms with E-state index in [2.05, 4.69) is 0 Å². The number of benzene rings is 1. The first-order chi connectivity index (χ1) is 12.4. The van der Waals surface area contributed by atoms with Crippen molar-refractivity contribution >= 4 is 15.9 Å². The maximum absolute atomic E-state index is 13.3. The van der Waals surface area contributed by atoms with E-state index in [9.17, 15) is 17.6 Å². The summed E-state index contributed by atoms with van der Waals surface area (Å²) in [6, 6.07) is 3.74. The van der Waals surface area contributed by atoms with E-state index < -0.39 is 15.8 Å². The Bertz CT molecular complexity index is 750. The topological polar surface area (TPSA) is 57.7 Å². The van der Waals surface area contributed by atoms with Crippen LogP contribution in [-0.2, 0) is 14.8 Å². The van der Waals surface area contributed by atoms with Crippen LogP contribution in [0.2, 0.25) is 0 Å². The Hall–Kier alpha value is -1.47. The molecule has 5 nitrogen and oxygen atoms in total. The molecule has 2 heterocycles. The number of halogens is 1. The Morgan fingerprint density at radius 3 is 2.23 bits per heavy atom. The molecule has 1 aromatic rings. The van der Waals surface area contributed by atoms with Gasteiger partial charge < -0.3 is 4.90 Å². The summed E-state index contributed by atoms with van der Waals surface area (Å²) in [6.45, 7) is 3.93. The Morgan fingerprint density at radius 2 is 1.65 bits per heavy atom. The average Bonchev–Trinajstić information content (AvgIpc) is 2.90. The molecule has 0 saturated carbocycles. The third kappa shape index (κ3) is 4.09. The second kappa shape index (κ2) is 8.05. The maximum atomic E-state index is 13.3. The molecular formula is C19H27FN2O3S. The van der Waals surface area contributed by atoms with Gasteiger partial charge in [0.25, 0.3) is 0 Å². The summed E-state index contributed by atoms with van der Waals surface area (Å²) >= 11 is 0. The first kappa shape index (κ1) is 19.3. The molecule has 1 aromatic carbocycles. The first-order valence-corrected chi connectivity index (χ1v) is 10.9. The lowest BCUT2D eigenvalue weighted by molar-refractivity contribution is -0.136. The minimum absolute atomic E-state index is 0.0890. The van der Waals surface area contributed by atoms with Gasteiger partial charge >= 0.3 is 0 Å². The average molecular weight is 383 g/mol. The molecule has 0 N–H and O–H groups in total. The lowest BCUT2D eigenvalue weighted by Gasteiger charge is -2.33. The highest BCUT2D eigenvalue weighted by Crippen LogP contribution is 2.27. The number of carbonyl (C=O) groups is 1.